The van der Waals surface area contributed by atoms with Gasteiger partial charge in [0.15, 0.2) is 0 Å². The molecule has 8 heteroatoms. The lowest BCUT2D eigenvalue weighted by Gasteiger charge is -2.09. The maximum Gasteiger partial charge on any atom is 0.312 e. The molecule has 0 fully saturated rings. The molecule has 18 heavy (non-hydrogen) atoms. The van der Waals surface area contributed by atoms with Crippen LogP contribution in [0.15, 0.2) is 4.42 Å². The van der Waals surface area contributed by atoms with Gasteiger partial charge in [0.1, 0.15) is 6.04 Å². The van der Waals surface area contributed by atoms with Gasteiger partial charge in [0, 0.05) is 5.92 Å². The second-order valence-electron chi connectivity index (χ2n) is 4.14. The smallest absolute Gasteiger partial charge is 0.312 e. The van der Waals surface area contributed by atoms with Gasteiger partial charge >= 0.3 is 6.03 Å². The number of primary amides is 1. The summed E-state index contributed by atoms with van der Waals surface area (Å²) >= 11 is 0. The van der Waals surface area contributed by atoms with E-state index in [0.29, 0.717) is 11.8 Å². The molecule has 1 aromatic heterocycles. The minimum atomic E-state index is -0.752. The zero-order valence-electron chi connectivity index (χ0n) is 10.6. The molecule has 1 atom stereocenters. The summed E-state index contributed by atoms with van der Waals surface area (Å²) in [5, 5.41) is 12.5. The van der Waals surface area contributed by atoms with Crippen LogP contribution >= 0.6 is 0 Å². The number of nitrogens with one attached hydrogen (secondary N) is 2. The van der Waals surface area contributed by atoms with Crippen LogP contribution in [0.1, 0.15) is 44.5 Å². The third-order valence-electron chi connectivity index (χ3n) is 2.12. The number of carbonyl (C=O) groups is 2. The maximum absolute atomic E-state index is 11.4. The van der Waals surface area contributed by atoms with Crippen LogP contribution in [0.3, 0.4) is 0 Å². The normalized spacial score (nSPS) is 12.2. The number of hydrogen-bond acceptors (Lipinski definition) is 5. The molecule has 0 bridgehead atoms. The predicted octanol–water partition coefficient (Wildman–Crippen LogP) is 0.0385. The van der Waals surface area contributed by atoms with Gasteiger partial charge in [-0.15, -0.1) is 10.2 Å². The summed E-state index contributed by atoms with van der Waals surface area (Å²) in [6.45, 7) is 5.37. The molecule has 1 rings (SSSR count). The Bertz CT molecular complexity index is 429. The molecule has 0 aromatic carbocycles. The first-order valence-electron chi connectivity index (χ1n) is 5.56. The molecule has 8 nitrogen and oxygen atoms in total. The van der Waals surface area contributed by atoms with E-state index < -0.39 is 12.1 Å². The predicted molar refractivity (Wildman–Crippen MR) is 62.5 cm³/mol. The van der Waals surface area contributed by atoms with E-state index in [1.807, 2.05) is 13.8 Å². The second kappa shape index (κ2) is 5.99. The monoisotopic (exact) mass is 255 g/mol. The average molecular weight is 255 g/mol. The quantitative estimate of drug-likeness (QED) is 0.685. The molecule has 0 saturated heterocycles. The Labute approximate surface area is 104 Å². The summed E-state index contributed by atoms with van der Waals surface area (Å²) in [5.74, 6) is 0.587. The van der Waals surface area contributed by atoms with Crippen molar-refractivity contribution >= 4 is 11.9 Å². The van der Waals surface area contributed by atoms with Gasteiger partial charge in [-0.25, -0.2) is 4.79 Å². The molecule has 0 aliphatic rings. The van der Waals surface area contributed by atoms with Gasteiger partial charge in [-0.3, -0.25) is 4.79 Å². The summed E-state index contributed by atoms with van der Waals surface area (Å²) < 4.78 is 5.38. The van der Waals surface area contributed by atoms with E-state index >= 15 is 0 Å². The Balaban J connectivity index is 2.51. The lowest BCUT2D eigenvalue weighted by atomic mass is 10.2. The average Bonchev–Trinajstić information content (AvgIpc) is 2.75. The van der Waals surface area contributed by atoms with Crippen molar-refractivity contribution in [2.24, 2.45) is 5.73 Å². The van der Waals surface area contributed by atoms with Crippen LogP contribution in [0.2, 0.25) is 0 Å². The van der Waals surface area contributed by atoms with E-state index in [9.17, 15) is 9.59 Å². The van der Waals surface area contributed by atoms with Crippen LogP contribution in [0, 0.1) is 0 Å². The molecule has 4 N–H and O–H groups in total. The first-order valence-corrected chi connectivity index (χ1v) is 5.56. The Kier molecular flexibility index (Phi) is 4.64. The molecule has 3 amide bonds. The Morgan fingerprint density at radius 1 is 1.28 bits per heavy atom. The topological polar surface area (TPSA) is 123 Å². The molecule has 0 unspecified atom stereocenters. The van der Waals surface area contributed by atoms with Crippen molar-refractivity contribution in [2.75, 3.05) is 6.54 Å². The number of nitrogens with zero attached hydrogens (tertiary/aromatic N) is 2. The van der Waals surface area contributed by atoms with Crippen molar-refractivity contribution in [3.05, 3.63) is 11.8 Å². The summed E-state index contributed by atoms with van der Waals surface area (Å²) in [6.07, 6.45) is 0. The highest BCUT2D eigenvalue weighted by atomic mass is 16.4. The summed E-state index contributed by atoms with van der Waals surface area (Å²) in [6, 6.07) is -1.18. The first-order chi connectivity index (χ1) is 8.40. The van der Waals surface area contributed by atoms with Crippen molar-refractivity contribution in [1.82, 2.24) is 20.8 Å². The van der Waals surface area contributed by atoms with Crippen LogP contribution in [-0.2, 0) is 4.79 Å². The standard InChI is InChI=1S/C10H17N5O3/c1-5(2)8-14-15-9(18-8)6(3)13-7(16)4-12-10(11)17/h5-6H,4H2,1-3H3,(H,13,16)(H3,11,12,17)/t6-/m1/s1. The number of amides is 3. The fraction of sp³-hybridized carbons (Fsp3) is 0.600. The SMILES string of the molecule is CC(C)c1nnc([C@@H](C)NC(=O)CNC(N)=O)o1. The third-order valence-corrected chi connectivity index (χ3v) is 2.12. The van der Waals surface area contributed by atoms with E-state index in [1.54, 1.807) is 6.92 Å². The third kappa shape index (κ3) is 4.04. The van der Waals surface area contributed by atoms with Gasteiger partial charge in [-0.1, -0.05) is 13.8 Å². The van der Waals surface area contributed by atoms with Crippen LogP contribution in [0.25, 0.3) is 0 Å². The fourth-order valence-corrected chi connectivity index (χ4v) is 1.18. The van der Waals surface area contributed by atoms with Crippen LogP contribution in [-0.4, -0.2) is 28.7 Å². The first kappa shape index (κ1) is 13.9. The van der Waals surface area contributed by atoms with E-state index in [4.69, 9.17) is 10.2 Å². The molecule has 0 saturated carbocycles. The Hall–Kier alpha value is -2.12. The zero-order chi connectivity index (χ0) is 13.7. The van der Waals surface area contributed by atoms with Crippen LogP contribution < -0.4 is 16.4 Å². The highest BCUT2D eigenvalue weighted by molar-refractivity contribution is 5.83. The van der Waals surface area contributed by atoms with Crippen molar-refractivity contribution in [3.63, 3.8) is 0 Å². The highest BCUT2D eigenvalue weighted by Crippen LogP contribution is 2.16. The summed E-state index contributed by atoms with van der Waals surface area (Å²) in [7, 11) is 0. The number of hydrogen-bond donors (Lipinski definition) is 3. The zero-order valence-corrected chi connectivity index (χ0v) is 10.6. The number of aromatic nitrogens is 2. The van der Waals surface area contributed by atoms with Gasteiger partial charge in [0.2, 0.25) is 17.7 Å². The minimum Gasteiger partial charge on any atom is -0.423 e. The number of rotatable bonds is 5. The molecule has 1 heterocycles. The number of nitrogens with two attached hydrogens (primary N) is 1. The molecule has 0 spiro atoms. The van der Waals surface area contributed by atoms with Crippen molar-refractivity contribution in [3.8, 4) is 0 Å². The van der Waals surface area contributed by atoms with Gasteiger partial charge < -0.3 is 20.8 Å². The van der Waals surface area contributed by atoms with Gasteiger partial charge in [0.25, 0.3) is 0 Å². The van der Waals surface area contributed by atoms with E-state index in [0.717, 1.165) is 0 Å². The number of carbonyl (C=O) groups excluding carboxylic acids is 2. The summed E-state index contributed by atoms with van der Waals surface area (Å²) in [4.78, 5) is 21.8. The lowest BCUT2D eigenvalue weighted by molar-refractivity contribution is -0.120. The molecule has 1 aromatic rings. The maximum atomic E-state index is 11.4. The number of urea groups is 1. The molecule has 0 aliphatic heterocycles. The second-order valence-corrected chi connectivity index (χ2v) is 4.14. The molecular formula is C10H17N5O3. The minimum absolute atomic E-state index is 0.130. The van der Waals surface area contributed by atoms with Crippen LogP contribution in [0.4, 0.5) is 4.79 Å². The van der Waals surface area contributed by atoms with E-state index in [1.165, 1.54) is 0 Å². The van der Waals surface area contributed by atoms with Gasteiger partial charge in [-0.05, 0) is 6.92 Å². The molecular weight excluding hydrogens is 238 g/mol. The van der Waals surface area contributed by atoms with Gasteiger partial charge in [0.05, 0.1) is 6.54 Å². The van der Waals surface area contributed by atoms with Crippen molar-refractivity contribution in [1.29, 1.82) is 0 Å². The van der Waals surface area contributed by atoms with E-state index in [2.05, 4.69) is 20.8 Å². The lowest BCUT2D eigenvalue weighted by Crippen LogP contribution is -2.40. The molecule has 0 radical (unpaired) electrons. The van der Waals surface area contributed by atoms with Crippen LogP contribution in [0.5, 0.6) is 0 Å². The summed E-state index contributed by atoms with van der Waals surface area (Å²) in [5.41, 5.74) is 4.85. The fourth-order valence-electron chi connectivity index (χ4n) is 1.18. The van der Waals surface area contributed by atoms with Crippen molar-refractivity contribution < 1.29 is 14.0 Å². The Morgan fingerprint density at radius 3 is 2.39 bits per heavy atom. The molecule has 100 valence electrons. The largest absolute Gasteiger partial charge is 0.423 e. The van der Waals surface area contributed by atoms with E-state index in [-0.39, 0.29) is 18.4 Å². The van der Waals surface area contributed by atoms with Gasteiger partial charge in [-0.2, -0.15) is 0 Å². The highest BCUT2D eigenvalue weighted by Gasteiger charge is 2.17. The molecule has 0 aliphatic carbocycles. The Morgan fingerprint density at radius 2 is 1.89 bits per heavy atom. The van der Waals surface area contributed by atoms with Crippen molar-refractivity contribution in [2.45, 2.75) is 32.7 Å².